The summed E-state index contributed by atoms with van der Waals surface area (Å²) in [4.78, 5) is 0. The van der Waals surface area contributed by atoms with E-state index in [2.05, 4.69) is 218 Å². The van der Waals surface area contributed by atoms with Gasteiger partial charge in [0.05, 0.1) is 0 Å². The predicted octanol–water partition coefficient (Wildman–Crippen LogP) is 16.0. The van der Waals surface area contributed by atoms with Crippen molar-refractivity contribution in [3.8, 4) is 55.6 Å². The van der Waals surface area contributed by atoms with Gasteiger partial charge >= 0.3 is 333 Å². The van der Waals surface area contributed by atoms with E-state index in [0.29, 0.717) is 0 Å². The van der Waals surface area contributed by atoms with Crippen molar-refractivity contribution in [2.45, 2.75) is 0 Å². The Balaban J connectivity index is 1.13. The minimum atomic E-state index is 0.198. The van der Waals surface area contributed by atoms with Crippen LogP contribution >= 0.6 is 0 Å². The Hall–Kier alpha value is -7.02. The summed E-state index contributed by atoms with van der Waals surface area (Å²) in [6, 6.07) is 81.1. The molecule has 0 atom stereocenters. The minimum absolute atomic E-state index is 0.198. The summed E-state index contributed by atoms with van der Waals surface area (Å²) in [5.74, 6) is 0. The standard InChI is InChI=1S/C58H36Se/c1-3-17-37(18-4-1)39-21-15-22-40(35-39)55-46-27-11-13-29-48(46)57(49-30-14-12-28-47(49)55)50-31-16-32-53-58(50)51-36-41(33-34-52(51)59-53)56-44-25-9-7-23-42(44)54(38-19-5-2-6-20-38)43-24-8-10-26-45(43)56/h1-36H. The van der Waals surface area contributed by atoms with Gasteiger partial charge in [0.25, 0.3) is 0 Å². The van der Waals surface area contributed by atoms with Crippen LogP contribution in [0, 0.1) is 0 Å². The van der Waals surface area contributed by atoms with Crippen LogP contribution in [0.1, 0.15) is 0 Å². The van der Waals surface area contributed by atoms with Crippen LogP contribution in [0.5, 0.6) is 0 Å². The van der Waals surface area contributed by atoms with Gasteiger partial charge in [0.2, 0.25) is 0 Å². The zero-order valence-electron chi connectivity index (χ0n) is 32.2. The van der Waals surface area contributed by atoms with Crippen molar-refractivity contribution in [1.29, 1.82) is 0 Å². The first-order valence-corrected chi connectivity index (χ1v) is 22.1. The number of rotatable bonds is 5. The zero-order chi connectivity index (χ0) is 38.9. The molecule has 0 aliphatic rings. The molecule has 11 aromatic carbocycles. The second kappa shape index (κ2) is 13.8. The van der Waals surface area contributed by atoms with E-state index in [1.54, 1.807) is 0 Å². The summed E-state index contributed by atoms with van der Waals surface area (Å²) < 4.78 is 2.89. The van der Waals surface area contributed by atoms with Gasteiger partial charge in [0.1, 0.15) is 0 Å². The monoisotopic (exact) mass is 812 g/mol. The summed E-state index contributed by atoms with van der Waals surface area (Å²) in [6.07, 6.45) is 0. The maximum absolute atomic E-state index is 2.51. The zero-order valence-corrected chi connectivity index (χ0v) is 33.9. The van der Waals surface area contributed by atoms with Crippen molar-refractivity contribution in [2.24, 2.45) is 0 Å². The molecule has 0 aliphatic carbocycles. The Kier molecular flexibility index (Phi) is 7.98. The van der Waals surface area contributed by atoms with Gasteiger partial charge in [-0.15, -0.1) is 0 Å². The number of fused-ring (bicyclic) bond motifs is 7. The third kappa shape index (κ3) is 5.44. The third-order valence-corrected chi connectivity index (χ3v) is 14.6. The molecule has 0 bridgehead atoms. The molecule has 0 radical (unpaired) electrons. The van der Waals surface area contributed by atoms with Gasteiger partial charge in [0.15, 0.2) is 0 Å². The minimum Gasteiger partial charge on any atom is -0.0617 e. The average molecular weight is 812 g/mol. The molecule has 0 fully saturated rings. The van der Waals surface area contributed by atoms with E-state index in [0.717, 1.165) is 0 Å². The number of hydrogen-bond donors (Lipinski definition) is 0. The molecule has 0 nitrogen and oxygen atoms in total. The molecule has 0 N–H and O–H groups in total. The Morgan fingerprint density at radius 1 is 0.220 bits per heavy atom. The fourth-order valence-electron chi connectivity index (χ4n) is 9.76. The van der Waals surface area contributed by atoms with Crippen LogP contribution in [0.15, 0.2) is 218 Å². The van der Waals surface area contributed by atoms with E-state index >= 15 is 0 Å². The van der Waals surface area contributed by atoms with Crippen LogP contribution in [0.4, 0.5) is 0 Å². The van der Waals surface area contributed by atoms with Crippen LogP contribution in [-0.4, -0.2) is 14.5 Å². The van der Waals surface area contributed by atoms with Gasteiger partial charge in [-0.25, -0.2) is 0 Å². The Morgan fingerprint density at radius 2 is 0.627 bits per heavy atom. The molecule has 1 aromatic heterocycles. The summed E-state index contributed by atoms with van der Waals surface area (Å²) in [7, 11) is 0. The van der Waals surface area contributed by atoms with Crippen molar-refractivity contribution >= 4 is 76.9 Å². The van der Waals surface area contributed by atoms with Gasteiger partial charge < -0.3 is 0 Å². The van der Waals surface area contributed by atoms with Crippen LogP contribution in [-0.2, 0) is 0 Å². The van der Waals surface area contributed by atoms with E-state index in [1.165, 1.54) is 118 Å². The van der Waals surface area contributed by atoms with Crippen molar-refractivity contribution in [3.63, 3.8) is 0 Å². The second-order valence-corrected chi connectivity index (χ2v) is 17.8. The SMILES string of the molecule is c1ccc(-c2cccc(-c3c4ccccc4c(-c4cccc5[se]c6ccc(-c7c8ccccc8c(-c8ccccc8)c8ccccc78)cc6c45)c4ccccc34)c2)cc1. The molecule has 59 heavy (non-hydrogen) atoms. The van der Waals surface area contributed by atoms with Gasteiger partial charge in [-0.3, -0.25) is 0 Å². The summed E-state index contributed by atoms with van der Waals surface area (Å²) in [5.41, 5.74) is 12.7. The fourth-order valence-corrected chi connectivity index (χ4v) is 12.1. The van der Waals surface area contributed by atoms with Crippen LogP contribution in [0.2, 0.25) is 0 Å². The average Bonchev–Trinajstić information content (AvgIpc) is 3.69. The van der Waals surface area contributed by atoms with Crippen LogP contribution in [0.25, 0.3) is 118 Å². The summed E-state index contributed by atoms with van der Waals surface area (Å²) in [6.45, 7) is 0. The molecule has 0 saturated heterocycles. The fraction of sp³-hybridized carbons (Fsp3) is 0. The van der Waals surface area contributed by atoms with E-state index in [1.807, 2.05) is 0 Å². The summed E-state index contributed by atoms with van der Waals surface area (Å²) >= 11 is 0.198. The van der Waals surface area contributed by atoms with Crippen LogP contribution < -0.4 is 0 Å². The molecule has 0 aliphatic heterocycles. The maximum atomic E-state index is 2.51. The quantitative estimate of drug-likeness (QED) is 0.120. The van der Waals surface area contributed by atoms with E-state index < -0.39 is 0 Å². The van der Waals surface area contributed by atoms with Crippen LogP contribution in [0.3, 0.4) is 0 Å². The van der Waals surface area contributed by atoms with E-state index in [-0.39, 0.29) is 14.5 Å². The Labute approximate surface area is 349 Å². The molecule has 0 spiro atoms. The molecule has 0 unspecified atom stereocenters. The van der Waals surface area contributed by atoms with Gasteiger partial charge in [-0.2, -0.15) is 0 Å². The predicted molar refractivity (Wildman–Crippen MR) is 256 cm³/mol. The van der Waals surface area contributed by atoms with Crippen molar-refractivity contribution in [3.05, 3.63) is 218 Å². The first-order valence-electron chi connectivity index (χ1n) is 20.3. The van der Waals surface area contributed by atoms with E-state index in [9.17, 15) is 0 Å². The molecule has 1 heteroatoms. The molecule has 0 amide bonds. The first kappa shape index (κ1) is 34.1. The molecular weight excluding hydrogens is 776 g/mol. The number of hydrogen-bond acceptors (Lipinski definition) is 0. The molecule has 12 aromatic rings. The summed E-state index contributed by atoms with van der Waals surface area (Å²) in [5, 5.41) is 13.0. The van der Waals surface area contributed by atoms with Crippen molar-refractivity contribution < 1.29 is 0 Å². The van der Waals surface area contributed by atoms with Gasteiger partial charge in [-0.05, 0) is 0 Å². The second-order valence-electron chi connectivity index (χ2n) is 15.5. The van der Waals surface area contributed by atoms with Gasteiger partial charge in [-0.1, -0.05) is 18.2 Å². The number of benzene rings is 11. The normalized spacial score (nSPS) is 11.7. The molecule has 12 rings (SSSR count). The molecule has 1 heterocycles. The van der Waals surface area contributed by atoms with E-state index in [4.69, 9.17) is 0 Å². The van der Waals surface area contributed by atoms with Gasteiger partial charge in [0, 0.05) is 0 Å². The van der Waals surface area contributed by atoms with Crippen molar-refractivity contribution in [2.75, 3.05) is 0 Å². The third-order valence-electron chi connectivity index (χ3n) is 12.2. The molecule has 0 saturated carbocycles. The first-order chi connectivity index (χ1) is 29.3. The Morgan fingerprint density at radius 3 is 1.17 bits per heavy atom. The Bertz CT molecular complexity index is 3480. The molecular formula is C58H36Se. The van der Waals surface area contributed by atoms with Crippen molar-refractivity contribution in [1.82, 2.24) is 0 Å². The molecule has 274 valence electrons. The topological polar surface area (TPSA) is 0 Å². The smallest absolute Gasteiger partial charge is 0.0617 e.